The standard InChI is InChI=1S/C11H9BrN2S/c12-9-5-6-10(14-11(13)15)8-4-2-1-3-7(8)9/h1-6H,(H3,13,14,15). The van der Waals surface area contributed by atoms with Crippen LogP contribution in [-0.4, -0.2) is 5.11 Å². The molecule has 0 amide bonds. The fourth-order valence-electron chi connectivity index (χ4n) is 1.50. The van der Waals surface area contributed by atoms with Crippen LogP contribution in [0.4, 0.5) is 5.69 Å². The second-order valence-corrected chi connectivity index (χ2v) is 4.42. The van der Waals surface area contributed by atoms with E-state index >= 15 is 0 Å². The van der Waals surface area contributed by atoms with Gasteiger partial charge < -0.3 is 11.1 Å². The lowest BCUT2D eigenvalue weighted by molar-refractivity contribution is 1.63. The first-order valence-electron chi connectivity index (χ1n) is 4.42. The summed E-state index contributed by atoms with van der Waals surface area (Å²) in [6.07, 6.45) is 0. The highest BCUT2D eigenvalue weighted by Gasteiger charge is 2.03. The van der Waals surface area contributed by atoms with E-state index in [1.54, 1.807) is 0 Å². The van der Waals surface area contributed by atoms with E-state index in [0.29, 0.717) is 0 Å². The van der Waals surface area contributed by atoms with Crippen molar-refractivity contribution in [2.24, 2.45) is 5.73 Å². The summed E-state index contributed by atoms with van der Waals surface area (Å²) < 4.78 is 1.06. The van der Waals surface area contributed by atoms with Crippen LogP contribution in [0.1, 0.15) is 0 Å². The molecule has 0 bridgehead atoms. The molecular weight excluding hydrogens is 272 g/mol. The number of thiocarbonyl (C=S) groups is 1. The Labute approximate surface area is 102 Å². The minimum Gasteiger partial charge on any atom is -0.376 e. The number of anilines is 1. The molecule has 4 heteroatoms. The van der Waals surface area contributed by atoms with Crippen LogP contribution in [0.3, 0.4) is 0 Å². The number of halogens is 1. The van der Waals surface area contributed by atoms with Gasteiger partial charge in [0.2, 0.25) is 0 Å². The molecular formula is C11H9BrN2S. The van der Waals surface area contributed by atoms with Gasteiger partial charge in [0.25, 0.3) is 0 Å². The normalized spacial score (nSPS) is 10.2. The van der Waals surface area contributed by atoms with Gasteiger partial charge in [-0.05, 0) is 29.7 Å². The Balaban J connectivity index is 2.66. The molecule has 0 radical (unpaired) electrons. The van der Waals surface area contributed by atoms with Crippen LogP contribution in [0, 0.1) is 0 Å². The number of nitrogens with two attached hydrogens (primary N) is 1. The van der Waals surface area contributed by atoms with E-state index in [-0.39, 0.29) is 5.11 Å². The molecule has 0 fully saturated rings. The van der Waals surface area contributed by atoms with Crippen molar-refractivity contribution in [3.63, 3.8) is 0 Å². The highest BCUT2D eigenvalue weighted by molar-refractivity contribution is 9.10. The molecule has 0 aliphatic rings. The van der Waals surface area contributed by atoms with Gasteiger partial charge in [0.05, 0.1) is 0 Å². The molecule has 3 N–H and O–H groups in total. The fourth-order valence-corrected chi connectivity index (χ4v) is 2.09. The lowest BCUT2D eigenvalue weighted by Crippen LogP contribution is -2.18. The Bertz CT molecular complexity index is 525. The van der Waals surface area contributed by atoms with Crippen LogP contribution in [0.5, 0.6) is 0 Å². The van der Waals surface area contributed by atoms with Crippen molar-refractivity contribution in [1.82, 2.24) is 0 Å². The first-order valence-corrected chi connectivity index (χ1v) is 5.62. The van der Waals surface area contributed by atoms with Crippen LogP contribution >= 0.6 is 28.1 Å². The first-order chi connectivity index (χ1) is 7.18. The van der Waals surface area contributed by atoms with Gasteiger partial charge in [0.1, 0.15) is 0 Å². The number of fused-ring (bicyclic) bond motifs is 1. The van der Waals surface area contributed by atoms with E-state index in [9.17, 15) is 0 Å². The van der Waals surface area contributed by atoms with Crippen LogP contribution in [0.15, 0.2) is 40.9 Å². The summed E-state index contributed by atoms with van der Waals surface area (Å²) in [7, 11) is 0. The lowest BCUT2D eigenvalue weighted by atomic mass is 10.1. The summed E-state index contributed by atoms with van der Waals surface area (Å²) in [6.45, 7) is 0. The number of benzene rings is 2. The lowest BCUT2D eigenvalue weighted by Gasteiger charge is -2.09. The van der Waals surface area contributed by atoms with Crippen molar-refractivity contribution >= 4 is 49.7 Å². The summed E-state index contributed by atoms with van der Waals surface area (Å²) in [4.78, 5) is 0. The highest BCUT2D eigenvalue weighted by atomic mass is 79.9. The zero-order valence-electron chi connectivity index (χ0n) is 7.83. The monoisotopic (exact) mass is 280 g/mol. The van der Waals surface area contributed by atoms with Gasteiger partial charge >= 0.3 is 0 Å². The third-order valence-electron chi connectivity index (χ3n) is 2.13. The van der Waals surface area contributed by atoms with Crippen molar-refractivity contribution in [3.05, 3.63) is 40.9 Å². The maximum atomic E-state index is 5.46. The summed E-state index contributed by atoms with van der Waals surface area (Å²) in [5.41, 5.74) is 6.39. The summed E-state index contributed by atoms with van der Waals surface area (Å²) >= 11 is 8.33. The van der Waals surface area contributed by atoms with Gasteiger partial charge in [-0.1, -0.05) is 40.2 Å². The van der Waals surface area contributed by atoms with Crippen molar-refractivity contribution in [2.45, 2.75) is 0 Å². The summed E-state index contributed by atoms with van der Waals surface area (Å²) in [5.74, 6) is 0. The molecule has 0 heterocycles. The molecule has 0 saturated carbocycles. The predicted molar refractivity (Wildman–Crippen MR) is 72.1 cm³/mol. The van der Waals surface area contributed by atoms with Crippen LogP contribution in [-0.2, 0) is 0 Å². The second kappa shape index (κ2) is 4.16. The van der Waals surface area contributed by atoms with Crippen LogP contribution < -0.4 is 11.1 Å². The molecule has 2 aromatic carbocycles. The molecule has 2 rings (SSSR count). The van der Waals surface area contributed by atoms with E-state index in [4.69, 9.17) is 18.0 Å². The van der Waals surface area contributed by atoms with E-state index in [2.05, 4.69) is 21.2 Å². The molecule has 76 valence electrons. The summed E-state index contributed by atoms with van der Waals surface area (Å²) in [5, 5.41) is 5.48. The molecule has 2 aromatic rings. The van der Waals surface area contributed by atoms with Crippen molar-refractivity contribution in [1.29, 1.82) is 0 Å². The van der Waals surface area contributed by atoms with Gasteiger partial charge in [0, 0.05) is 15.5 Å². The average molecular weight is 281 g/mol. The largest absolute Gasteiger partial charge is 0.376 e. The number of nitrogens with one attached hydrogen (secondary N) is 1. The molecule has 0 saturated heterocycles. The molecule has 0 aliphatic heterocycles. The van der Waals surface area contributed by atoms with Crippen LogP contribution in [0.2, 0.25) is 0 Å². The Kier molecular flexibility index (Phi) is 2.88. The van der Waals surface area contributed by atoms with E-state index in [1.807, 2.05) is 36.4 Å². The molecule has 0 aromatic heterocycles. The first kappa shape index (κ1) is 10.4. The Morgan fingerprint density at radius 2 is 1.80 bits per heavy atom. The maximum Gasteiger partial charge on any atom is 0.168 e. The van der Waals surface area contributed by atoms with Crippen LogP contribution in [0.25, 0.3) is 10.8 Å². The SMILES string of the molecule is NC(=S)Nc1ccc(Br)c2ccccc12. The average Bonchev–Trinajstić information content (AvgIpc) is 2.22. The van der Waals surface area contributed by atoms with Gasteiger partial charge in [-0.25, -0.2) is 0 Å². The third kappa shape index (κ3) is 2.11. The predicted octanol–water partition coefficient (Wildman–Crippen LogP) is 3.26. The van der Waals surface area contributed by atoms with Gasteiger partial charge in [0.15, 0.2) is 5.11 Å². The number of hydrogen-bond acceptors (Lipinski definition) is 1. The molecule has 15 heavy (non-hydrogen) atoms. The van der Waals surface area contributed by atoms with E-state index < -0.39 is 0 Å². The van der Waals surface area contributed by atoms with Crippen molar-refractivity contribution in [2.75, 3.05) is 5.32 Å². The van der Waals surface area contributed by atoms with E-state index in [1.165, 1.54) is 0 Å². The Morgan fingerprint density at radius 1 is 1.13 bits per heavy atom. The highest BCUT2D eigenvalue weighted by Crippen LogP contribution is 2.29. The Morgan fingerprint density at radius 3 is 2.47 bits per heavy atom. The minimum absolute atomic E-state index is 0.280. The smallest absolute Gasteiger partial charge is 0.168 e. The minimum atomic E-state index is 0.280. The molecule has 0 atom stereocenters. The zero-order valence-corrected chi connectivity index (χ0v) is 10.2. The van der Waals surface area contributed by atoms with Crippen molar-refractivity contribution < 1.29 is 0 Å². The van der Waals surface area contributed by atoms with Gasteiger partial charge in [-0.3, -0.25) is 0 Å². The van der Waals surface area contributed by atoms with E-state index in [0.717, 1.165) is 20.9 Å². The van der Waals surface area contributed by atoms with Crippen molar-refractivity contribution in [3.8, 4) is 0 Å². The number of hydrogen-bond donors (Lipinski definition) is 2. The maximum absolute atomic E-state index is 5.46. The Hall–Kier alpha value is -1.13. The second-order valence-electron chi connectivity index (χ2n) is 3.13. The molecule has 2 nitrogen and oxygen atoms in total. The number of rotatable bonds is 1. The zero-order chi connectivity index (χ0) is 10.8. The topological polar surface area (TPSA) is 38.0 Å². The molecule has 0 spiro atoms. The quantitative estimate of drug-likeness (QED) is 0.788. The third-order valence-corrected chi connectivity index (χ3v) is 2.92. The summed E-state index contributed by atoms with van der Waals surface area (Å²) in [6, 6.07) is 12.0. The van der Waals surface area contributed by atoms with Gasteiger partial charge in [-0.2, -0.15) is 0 Å². The van der Waals surface area contributed by atoms with Gasteiger partial charge in [-0.15, -0.1) is 0 Å². The molecule has 0 aliphatic carbocycles. The molecule has 0 unspecified atom stereocenters. The fraction of sp³-hybridized carbons (Fsp3) is 0.